The lowest BCUT2D eigenvalue weighted by atomic mass is 10.2. The van der Waals surface area contributed by atoms with E-state index in [4.69, 9.17) is 16.7 Å². The van der Waals surface area contributed by atoms with E-state index < -0.39 is 17.1 Å². The minimum Gasteiger partial charge on any atom is -0.503 e. The number of hydrogen-bond donors (Lipinski definition) is 2. The van der Waals surface area contributed by atoms with Gasteiger partial charge < -0.3 is 10.1 Å². The maximum Gasteiger partial charge on any atom is 0.290 e. The van der Waals surface area contributed by atoms with Gasteiger partial charge >= 0.3 is 0 Å². The van der Waals surface area contributed by atoms with E-state index in [0.717, 1.165) is 12.1 Å². The lowest BCUT2D eigenvalue weighted by Crippen LogP contribution is -2.05. The summed E-state index contributed by atoms with van der Waals surface area (Å²) in [5.74, 6) is -1.06. The molecular formula is C9H5ClFNO2. The van der Waals surface area contributed by atoms with E-state index >= 15 is 0 Å². The fraction of sp³-hybridized carbons (Fsp3) is 0. The van der Waals surface area contributed by atoms with Crippen LogP contribution in [0.5, 0.6) is 5.75 Å². The summed E-state index contributed by atoms with van der Waals surface area (Å²) < 4.78 is 13.2. The smallest absolute Gasteiger partial charge is 0.290 e. The van der Waals surface area contributed by atoms with Gasteiger partial charge in [0, 0.05) is 5.39 Å². The summed E-state index contributed by atoms with van der Waals surface area (Å²) in [7, 11) is 0. The minimum atomic E-state index is -0.737. The van der Waals surface area contributed by atoms with Gasteiger partial charge in [-0.25, -0.2) is 4.39 Å². The molecule has 0 spiro atoms. The van der Waals surface area contributed by atoms with Gasteiger partial charge in [0.2, 0.25) is 0 Å². The fourth-order valence-electron chi connectivity index (χ4n) is 1.22. The molecule has 2 N–H and O–H groups in total. The van der Waals surface area contributed by atoms with Gasteiger partial charge in [-0.15, -0.1) is 0 Å². The molecule has 0 fully saturated rings. The number of pyridine rings is 1. The predicted octanol–water partition coefficient (Wildman–Crippen LogP) is 2.03. The second-order valence-electron chi connectivity index (χ2n) is 2.80. The number of rotatable bonds is 0. The summed E-state index contributed by atoms with van der Waals surface area (Å²) in [5, 5.41) is 9.66. The molecule has 1 aromatic carbocycles. The van der Waals surface area contributed by atoms with Crippen molar-refractivity contribution in [2.75, 3.05) is 0 Å². The maximum atomic E-state index is 13.2. The van der Waals surface area contributed by atoms with Gasteiger partial charge in [0.15, 0.2) is 5.75 Å². The Kier molecular flexibility index (Phi) is 1.93. The van der Waals surface area contributed by atoms with Gasteiger partial charge in [-0.05, 0) is 18.2 Å². The number of benzene rings is 1. The third-order valence-electron chi connectivity index (χ3n) is 1.89. The summed E-state index contributed by atoms with van der Waals surface area (Å²) in [4.78, 5) is 13.2. The van der Waals surface area contributed by atoms with Crippen molar-refractivity contribution in [3.8, 4) is 5.75 Å². The molecular weight excluding hydrogens is 209 g/mol. The summed E-state index contributed by atoms with van der Waals surface area (Å²) >= 11 is 5.75. The Morgan fingerprint density at radius 2 is 2.14 bits per heavy atom. The summed E-state index contributed by atoms with van der Waals surface area (Å²) in [6, 6.07) is 3.65. The Balaban J connectivity index is 3.01. The minimum absolute atomic E-state index is 0.000278. The van der Waals surface area contributed by atoms with Crippen LogP contribution in [0, 0.1) is 5.82 Å². The first-order valence-corrected chi connectivity index (χ1v) is 4.17. The van der Waals surface area contributed by atoms with Gasteiger partial charge in [0.25, 0.3) is 5.56 Å². The molecule has 0 aliphatic carbocycles. The highest BCUT2D eigenvalue weighted by Gasteiger charge is 2.07. The van der Waals surface area contributed by atoms with Crippen LogP contribution in [-0.2, 0) is 0 Å². The van der Waals surface area contributed by atoms with Crippen molar-refractivity contribution in [3.05, 3.63) is 39.4 Å². The number of hydrogen-bond acceptors (Lipinski definition) is 2. The van der Waals surface area contributed by atoms with Gasteiger partial charge in [-0.1, -0.05) is 11.6 Å². The lowest BCUT2D eigenvalue weighted by molar-refractivity contribution is 0.468. The average Bonchev–Trinajstić information content (AvgIpc) is 2.15. The Bertz CT molecular complexity index is 564. The second-order valence-corrected chi connectivity index (χ2v) is 3.21. The molecule has 72 valence electrons. The molecule has 5 heteroatoms. The maximum absolute atomic E-state index is 13.2. The fourth-order valence-corrected chi connectivity index (χ4v) is 1.43. The van der Waals surface area contributed by atoms with Crippen molar-refractivity contribution in [1.29, 1.82) is 0 Å². The first-order valence-electron chi connectivity index (χ1n) is 3.79. The van der Waals surface area contributed by atoms with Crippen LogP contribution < -0.4 is 5.56 Å². The van der Waals surface area contributed by atoms with Crippen molar-refractivity contribution in [2.45, 2.75) is 0 Å². The molecule has 0 saturated heterocycles. The van der Waals surface area contributed by atoms with Crippen LogP contribution in [0.3, 0.4) is 0 Å². The molecule has 2 aromatic rings. The molecule has 0 bridgehead atoms. The lowest BCUT2D eigenvalue weighted by Gasteiger charge is -2.01. The van der Waals surface area contributed by atoms with E-state index in [2.05, 4.69) is 4.98 Å². The number of aromatic nitrogens is 1. The molecule has 0 aliphatic heterocycles. The normalized spacial score (nSPS) is 10.7. The number of nitrogens with one attached hydrogen (secondary N) is 1. The highest BCUT2D eigenvalue weighted by molar-refractivity contribution is 6.35. The highest BCUT2D eigenvalue weighted by atomic mass is 35.5. The standard InChI is InChI=1S/C9H5ClFNO2/c10-5-1-2-6(11)8-4(5)3-7(13)9(14)12-8/h1-3,13H,(H,12,14). The highest BCUT2D eigenvalue weighted by Crippen LogP contribution is 2.24. The number of halogens is 2. The third kappa shape index (κ3) is 1.24. The monoisotopic (exact) mass is 213 g/mol. The zero-order valence-electron chi connectivity index (χ0n) is 6.84. The Hall–Kier alpha value is -1.55. The molecule has 1 aromatic heterocycles. The molecule has 0 unspecified atom stereocenters. The van der Waals surface area contributed by atoms with E-state index in [-0.39, 0.29) is 15.9 Å². The topological polar surface area (TPSA) is 53.1 Å². The first-order chi connectivity index (χ1) is 6.59. The zero-order valence-corrected chi connectivity index (χ0v) is 7.60. The van der Waals surface area contributed by atoms with Crippen molar-refractivity contribution >= 4 is 22.5 Å². The average molecular weight is 214 g/mol. The molecule has 0 atom stereocenters. The van der Waals surface area contributed by atoms with E-state index in [0.29, 0.717) is 0 Å². The van der Waals surface area contributed by atoms with E-state index in [1.165, 1.54) is 6.07 Å². The number of fused-ring (bicyclic) bond motifs is 1. The molecule has 1 heterocycles. The Morgan fingerprint density at radius 3 is 2.86 bits per heavy atom. The Labute approximate surface area is 82.8 Å². The van der Waals surface area contributed by atoms with Crippen molar-refractivity contribution < 1.29 is 9.50 Å². The third-order valence-corrected chi connectivity index (χ3v) is 2.22. The molecule has 0 radical (unpaired) electrons. The molecule has 14 heavy (non-hydrogen) atoms. The summed E-state index contributed by atoms with van der Waals surface area (Å²) in [5.41, 5.74) is -0.737. The molecule has 0 aliphatic rings. The molecule has 2 rings (SSSR count). The largest absolute Gasteiger partial charge is 0.503 e. The first kappa shape index (κ1) is 9.02. The van der Waals surface area contributed by atoms with Crippen LogP contribution in [0.25, 0.3) is 10.9 Å². The number of H-pyrrole nitrogens is 1. The molecule has 3 nitrogen and oxygen atoms in total. The number of aromatic amines is 1. The van der Waals surface area contributed by atoms with Gasteiger partial charge in [0.1, 0.15) is 5.82 Å². The van der Waals surface area contributed by atoms with Crippen LogP contribution in [0.2, 0.25) is 5.02 Å². The molecule has 0 saturated carbocycles. The SMILES string of the molecule is O=c1[nH]c2c(F)ccc(Cl)c2cc1O. The van der Waals surface area contributed by atoms with Crippen LogP contribution in [-0.4, -0.2) is 10.1 Å². The zero-order chi connectivity index (χ0) is 10.3. The predicted molar refractivity (Wildman–Crippen MR) is 51.2 cm³/mol. The summed E-state index contributed by atoms with van der Waals surface area (Å²) in [6.45, 7) is 0. The van der Waals surface area contributed by atoms with E-state index in [1.54, 1.807) is 0 Å². The Morgan fingerprint density at radius 1 is 1.43 bits per heavy atom. The van der Waals surface area contributed by atoms with Gasteiger partial charge in [0.05, 0.1) is 10.5 Å². The van der Waals surface area contributed by atoms with E-state index in [1.807, 2.05) is 0 Å². The number of aromatic hydroxyl groups is 1. The van der Waals surface area contributed by atoms with Crippen LogP contribution in [0.15, 0.2) is 23.0 Å². The van der Waals surface area contributed by atoms with Crippen LogP contribution in [0.4, 0.5) is 4.39 Å². The van der Waals surface area contributed by atoms with Crippen molar-refractivity contribution in [3.63, 3.8) is 0 Å². The molecule has 0 amide bonds. The van der Waals surface area contributed by atoms with E-state index in [9.17, 15) is 9.18 Å². The van der Waals surface area contributed by atoms with Crippen LogP contribution in [0.1, 0.15) is 0 Å². The van der Waals surface area contributed by atoms with Gasteiger partial charge in [-0.3, -0.25) is 4.79 Å². The van der Waals surface area contributed by atoms with Crippen molar-refractivity contribution in [1.82, 2.24) is 4.98 Å². The second kappa shape index (κ2) is 2.99. The quantitative estimate of drug-likeness (QED) is 0.704. The van der Waals surface area contributed by atoms with Crippen molar-refractivity contribution in [2.24, 2.45) is 0 Å². The van der Waals surface area contributed by atoms with Crippen LogP contribution >= 0.6 is 11.6 Å². The van der Waals surface area contributed by atoms with Gasteiger partial charge in [-0.2, -0.15) is 0 Å². The summed E-state index contributed by atoms with van der Waals surface area (Å²) in [6.07, 6.45) is 0.